The number of nitrogens with zero attached hydrogens (tertiary/aromatic N) is 5. The first kappa shape index (κ1) is 34.3. The van der Waals surface area contributed by atoms with Crippen LogP contribution in [0, 0.1) is 23.0 Å². The highest BCUT2D eigenvalue weighted by Crippen LogP contribution is 2.49. The van der Waals surface area contributed by atoms with Crippen LogP contribution in [-0.4, -0.2) is 77.2 Å². The molecule has 3 N–H and O–H groups in total. The van der Waals surface area contributed by atoms with Crippen molar-refractivity contribution in [1.82, 2.24) is 14.9 Å². The van der Waals surface area contributed by atoms with Crippen LogP contribution in [0.2, 0.25) is 0 Å². The summed E-state index contributed by atoms with van der Waals surface area (Å²) in [5.74, 6) is -2.16. The second-order valence-corrected chi connectivity index (χ2v) is 13.9. The number of aliphatic hydroxyl groups is 1. The standard InChI is InChI=1S/C33H28F6N6O2S.CH4O/c34-16-11-32(6-2-7-44(32)13-16)15-47-31-42-27-20(30(43-31)45-8-1-3-18-9-17(45)14-46-18)10-22(33(37,38)39)25(26(27)36)19-4-5-23(35)28-24(19)21(12-40)29(41)48-28;1-2/h1,4-5,8,10,16-18H,2-3,6-7,9,11,13-15,41H2;2H,1H3. The van der Waals surface area contributed by atoms with Crippen LogP contribution in [0.25, 0.3) is 32.1 Å². The number of alkyl halides is 4. The van der Waals surface area contributed by atoms with Gasteiger partial charge in [0.2, 0.25) is 0 Å². The minimum atomic E-state index is -5.08. The van der Waals surface area contributed by atoms with Gasteiger partial charge in [0.15, 0.2) is 5.82 Å². The van der Waals surface area contributed by atoms with Crippen LogP contribution in [-0.2, 0) is 10.9 Å². The van der Waals surface area contributed by atoms with Gasteiger partial charge in [0.1, 0.15) is 41.0 Å². The molecule has 3 fully saturated rings. The van der Waals surface area contributed by atoms with Crippen LogP contribution >= 0.6 is 11.3 Å². The van der Waals surface area contributed by atoms with Crippen molar-refractivity contribution in [2.75, 3.05) is 44.0 Å². The third-order valence-corrected chi connectivity index (χ3v) is 11.0. The Kier molecular flexibility index (Phi) is 8.82. The molecule has 0 spiro atoms. The summed E-state index contributed by atoms with van der Waals surface area (Å²) in [7, 11) is 1.00. The Morgan fingerprint density at radius 3 is 2.80 bits per heavy atom. The van der Waals surface area contributed by atoms with E-state index in [0.29, 0.717) is 37.1 Å². The predicted octanol–water partition coefficient (Wildman–Crippen LogP) is 6.71. The molecule has 4 aliphatic rings. The van der Waals surface area contributed by atoms with E-state index < -0.39 is 46.2 Å². The summed E-state index contributed by atoms with van der Waals surface area (Å²) in [6.45, 7) is 1.27. The average Bonchev–Trinajstić information content (AvgIpc) is 3.82. The smallest absolute Gasteiger partial charge is 0.417 e. The lowest BCUT2D eigenvalue weighted by Crippen LogP contribution is -2.43. The Balaban J connectivity index is 0.00000193. The van der Waals surface area contributed by atoms with E-state index >= 15 is 4.39 Å². The monoisotopic (exact) mass is 718 g/mol. The lowest BCUT2D eigenvalue weighted by atomic mass is 9.92. The van der Waals surface area contributed by atoms with Gasteiger partial charge in [-0.05, 0) is 49.9 Å². The zero-order valence-electron chi connectivity index (χ0n) is 26.7. The first-order valence-corrected chi connectivity index (χ1v) is 16.8. The van der Waals surface area contributed by atoms with Crippen LogP contribution < -0.4 is 15.4 Å². The molecule has 0 saturated carbocycles. The quantitative estimate of drug-likeness (QED) is 0.217. The summed E-state index contributed by atoms with van der Waals surface area (Å²) in [4.78, 5) is 12.6. The van der Waals surface area contributed by atoms with Crippen molar-refractivity contribution in [2.24, 2.45) is 0 Å². The summed E-state index contributed by atoms with van der Waals surface area (Å²) in [6, 6.07) is 3.97. The predicted molar refractivity (Wildman–Crippen MR) is 175 cm³/mol. The highest BCUT2D eigenvalue weighted by molar-refractivity contribution is 7.23. The maximum atomic E-state index is 17.0. The van der Waals surface area contributed by atoms with Crippen molar-refractivity contribution >= 4 is 43.1 Å². The number of nitrogens with two attached hydrogens (primary N) is 1. The maximum absolute atomic E-state index is 17.0. The first-order chi connectivity index (χ1) is 24.0. The van der Waals surface area contributed by atoms with E-state index in [2.05, 4.69) is 9.97 Å². The number of anilines is 2. The summed E-state index contributed by atoms with van der Waals surface area (Å²) in [5.41, 5.74) is 2.04. The second-order valence-electron chi connectivity index (χ2n) is 12.8. The molecule has 0 aliphatic carbocycles. The number of aromatic nitrogens is 2. The summed E-state index contributed by atoms with van der Waals surface area (Å²) >= 11 is 0.694. The molecule has 2 aromatic heterocycles. The highest BCUT2D eigenvalue weighted by atomic mass is 32.1. The zero-order chi connectivity index (χ0) is 35.5. The number of halogens is 6. The van der Waals surface area contributed by atoms with E-state index in [9.17, 15) is 27.2 Å². The molecule has 9 nitrogen and oxygen atoms in total. The molecule has 0 amide bonds. The fraction of sp³-hybridized carbons (Fsp3) is 0.441. The average molecular weight is 719 g/mol. The van der Waals surface area contributed by atoms with Crippen molar-refractivity contribution in [3.63, 3.8) is 0 Å². The fourth-order valence-electron chi connectivity index (χ4n) is 7.83. The number of hydrogen-bond acceptors (Lipinski definition) is 10. The van der Waals surface area contributed by atoms with Crippen molar-refractivity contribution < 1.29 is 40.9 Å². The van der Waals surface area contributed by atoms with Gasteiger partial charge < -0.3 is 25.2 Å². The summed E-state index contributed by atoms with van der Waals surface area (Å²) in [5, 5.41) is 16.3. The molecule has 4 atom stereocenters. The number of ether oxygens (including phenoxy) is 2. The number of nitriles is 1. The van der Waals surface area contributed by atoms with Crippen LogP contribution in [0.15, 0.2) is 30.5 Å². The van der Waals surface area contributed by atoms with Crippen molar-refractivity contribution in [3.8, 4) is 23.2 Å². The van der Waals surface area contributed by atoms with E-state index in [-0.39, 0.29) is 81.8 Å². The van der Waals surface area contributed by atoms with Gasteiger partial charge in [-0.2, -0.15) is 28.4 Å². The van der Waals surface area contributed by atoms with Gasteiger partial charge in [0, 0.05) is 42.6 Å². The molecular formula is C34H32F6N6O3S. The van der Waals surface area contributed by atoms with Crippen LogP contribution in [0.1, 0.15) is 43.2 Å². The molecule has 8 rings (SSSR count). The number of thiophene rings is 1. The Bertz CT molecular complexity index is 2050. The van der Waals surface area contributed by atoms with Crippen molar-refractivity contribution in [1.29, 1.82) is 5.26 Å². The molecule has 16 heteroatoms. The number of aliphatic hydroxyl groups excluding tert-OH is 1. The van der Waals surface area contributed by atoms with Crippen molar-refractivity contribution in [2.45, 2.75) is 62.1 Å². The molecule has 2 aromatic carbocycles. The third kappa shape index (κ3) is 5.60. The van der Waals surface area contributed by atoms with E-state index in [0.717, 1.165) is 31.7 Å². The molecular weight excluding hydrogens is 686 g/mol. The largest absolute Gasteiger partial charge is 0.461 e. The van der Waals surface area contributed by atoms with Gasteiger partial charge in [0.05, 0.1) is 40.1 Å². The molecule has 0 radical (unpaired) electrons. The second kappa shape index (κ2) is 12.9. The van der Waals surface area contributed by atoms with Crippen molar-refractivity contribution in [3.05, 3.63) is 53.2 Å². The van der Waals surface area contributed by atoms with Gasteiger partial charge >= 0.3 is 12.2 Å². The topological polar surface area (TPSA) is 121 Å². The molecule has 264 valence electrons. The number of rotatable bonds is 5. The van der Waals surface area contributed by atoms with Crippen LogP contribution in [0.4, 0.5) is 37.2 Å². The molecule has 50 heavy (non-hydrogen) atoms. The zero-order valence-corrected chi connectivity index (χ0v) is 27.6. The number of fused-ring (bicyclic) bond motifs is 5. The van der Waals surface area contributed by atoms with E-state index in [1.165, 1.54) is 0 Å². The molecule has 3 saturated heterocycles. The normalized spacial score (nSPS) is 24.7. The summed E-state index contributed by atoms with van der Waals surface area (Å²) in [6.07, 6.45) is 0.274. The molecule has 4 unspecified atom stereocenters. The molecule has 6 heterocycles. The number of nitrogen functional groups attached to an aromatic ring is 1. The maximum Gasteiger partial charge on any atom is 0.417 e. The van der Waals surface area contributed by atoms with Crippen LogP contribution in [0.3, 0.4) is 0 Å². The van der Waals surface area contributed by atoms with Gasteiger partial charge in [0.25, 0.3) is 0 Å². The molecule has 4 aromatic rings. The molecule has 2 bridgehead atoms. The lowest BCUT2D eigenvalue weighted by molar-refractivity contribution is -0.137. The van der Waals surface area contributed by atoms with Gasteiger partial charge in [-0.1, -0.05) is 12.1 Å². The number of hydrogen-bond donors (Lipinski definition) is 2. The summed E-state index contributed by atoms with van der Waals surface area (Å²) < 4.78 is 103. The van der Waals surface area contributed by atoms with Gasteiger partial charge in [-0.15, -0.1) is 11.3 Å². The van der Waals surface area contributed by atoms with E-state index in [1.807, 2.05) is 17.0 Å². The minimum absolute atomic E-state index is 0.00402. The Hall–Kier alpha value is -4.17. The molecule has 4 aliphatic heterocycles. The number of benzene rings is 2. The Morgan fingerprint density at radius 2 is 2.04 bits per heavy atom. The SMILES string of the molecule is CO.N#Cc1c(N)sc2c(F)ccc(-c3c(C(F)(F)F)cc4c(N5C=CCC6CC5CO6)nc(OCC56CCCN5CC(F)C6)nc4c3F)c12. The van der Waals surface area contributed by atoms with Crippen LogP contribution in [0.5, 0.6) is 6.01 Å². The third-order valence-electron chi connectivity index (χ3n) is 9.99. The Labute approximate surface area is 286 Å². The van der Waals surface area contributed by atoms with E-state index in [4.69, 9.17) is 20.3 Å². The van der Waals surface area contributed by atoms with Gasteiger partial charge in [-0.3, -0.25) is 4.90 Å². The Morgan fingerprint density at radius 1 is 1.24 bits per heavy atom. The first-order valence-electron chi connectivity index (χ1n) is 16.0. The fourth-order valence-corrected chi connectivity index (χ4v) is 8.78. The highest BCUT2D eigenvalue weighted by Gasteiger charge is 2.49. The van der Waals surface area contributed by atoms with E-state index in [1.54, 1.807) is 11.1 Å². The van der Waals surface area contributed by atoms with Gasteiger partial charge in [-0.25, -0.2) is 13.2 Å². The minimum Gasteiger partial charge on any atom is -0.461 e. The lowest BCUT2D eigenvalue weighted by Gasteiger charge is -2.31.